The van der Waals surface area contributed by atoms with Gasteiger partial charge in [-0.3, -0.25) is 4.79 Å². The van der Waals surface area contributed by atoms with E-state index in [1.165, 1.54) is 36.9 Å². The third-order valence-electron chi connectivity index (χ3n) is 4.10. The maximum absolute atomic E-state index is 13.1. The fourth-order valence-corrected chi connectivity index (χ4v) is 4.10. The molecule has 2 N–H and O–H groups in total. The second-order valence-corrected chi connectivity index (χ2v) is 7.03. The molecule has 1 heterocycles. The second kappa shape index (κ2) is 7.04. The van der Waals surface area contributed by atoms with Crippen molar-refractivity contribution in [3.63, 3.8) is 0 Å². The van der Waals surface area contributed by atoms with Gasteiger partial charge in [0.2, 0.25) is 5.91 Å². The number of hydrogen-bond donors (Lipinski definition) is 2. The van der Waals surface area contributed by atoms with Crippen molar-refractivity contribution in [1.29, 1.82) is 0 Å². The Morgan fingerprint density at radius 1 is 1.38 bits per heavy atom. The highest BCUT2D eigenvalue weighted by molar-refractivity contribution is 7.99. The van der Waals surface area contributed by atoms with E-state index in [-0.39, 0.29) is 17.7 Å². The zero-order valence-electron chi connectivity index (χ0n) is 13.0. The molecule has 0 radical (unpaired) electrons. The first-order valence-corrected chi connectivity index (χ1v) is 8.59. The number of rotatable bonds is 5. The number of thioether (sulfide) groups is 1. The van der Waals surface area contributed by atoms with E-state index < -0.39 is 35.1 Å². The van der Waals surface area contributed by atoms with Crippen molar-refractivity contribution < 1.29 is 27.9 Å². The Morgan fingerprint density at radius 3 is 2.58 bits per heavy atom. The summed E-state index contributed by atoms with van der Waals surface area (Å²) in [6.07, 6.45) is -4.38. The van der Waals surface area contributed by atoms with Gasteiger partial charge in [0.15, 0.2) is 0 Å². The Bertz CT molecular complexity index is 627. The molecular weight excluding hydrogens is 343 g/mol. The van der Waals surface area contributed by atoms with Gasteiger partial charge in [-0.05, 0) is 29.7 Å². The fraction of sp³-hybridized carbons (Fsp3) is 0.500. The van der Waals surface area contributed by atoms with Crippen LogP contribution in [0.5, 0.6) is 0 Å². The van der Waals surface area contributed by atoms with Crippen LogP contribution >= 0.6 is 11.8 Å². The van der Waals surface area contributed by atoms with Crippen molar-refractivity contribution in [3.8, 4) is 0 Å². The molecule has 2 rings (SSSR count). The molecule has 1 aliphatic heterocycles. The number of nitrogens with one attached hydrogen (secondary N) is 1. The van der Waals surface area contributed by atoms with Crippen molar-refractivity contribution in [2.75, 3.05) is 11.5 Å². The van der Waals surface area contributed by atoms with Gasteiger partial charge in [0.05, 0.1) is 5.56 Å². The molecule has 24 heavy (non-hydrogen) atoms. The molecule has 132 valence electrons. The summed E-state index contributed by atoms with van der Waals surface area (Å²) in [4.78, 5) is 23.6. The van der Waals surface area contributed by atoms with Gasteiger partial charge >= 0.3 is 12.1 Å². The van der Waals surface area contributed by atoms with Gasteiger partial charge in [0.25, 0.3) is 0 Å². The fourth-order valence-electron chi connectivity index (χ4n) is 2.78. The first kappa shape index (κ1) is 18.6. The molecule has 1 aromatic rings. The van der Waals surface area contributed by atoms with E-state index in [0.717, 1.165) is 6.07 Å². The van der Waals surface area contributed by atoms with Gasteiger partial charge in [-0.1, -0.05) is 25.1 Å². The number of benzene rings is 1. The summed E-state index contributed by atoms with van der Waals surface area (Å²) in [7, 11) is 0. The lowest BCUT2D eigenvalue weighted by Gasteiger charge is -2.26. The minimum atomic E-state index is -4.49. The number of carboxylic acids is 1. The molecule has 0 aliphatic carbocycles. The summed E-state index contributed by atoms with van der Waals surface area (Å²) in [5.74, 6) is -1.45. The quantitative estimate of drug-likeness (QED) is 0.845. The number of aliphatic carboxylic acids is 1. The molecule has 1 fully saturated rings. The molecule has 1 amide bonds. The Kier molecular flexibility index (Phi) is 5.47. The van der Waals surface area contributed by atoms with Gasteiger partial charge < -0.3 is 10.4 Å². The predicted molar refractivity (Wildman–Crippen MR) is 84.9 cm³/mol. The van der Waals surface area contributed by atoms with E-state index in [2.05, 4.69) is 5.32 Å². The number of halogens is 3. The average molecular weight is 361 g/mol. The van der Waals surface area contributed by atoms with Crippen LogP contribution in [-0.2, 0) is 15.8 Å². The monoisotopic (exact) mass is 361 g/mol. The van der Waals surface area contributed by atoms with E-state index in [1.807, 2.05) is 0 Å². The van der Waals surface area contributed by atoms with Crippen LogP contribution in [0.1, 0.15) is 36.8 Å². The van der Waals surface area contributed by atoms with Gasteiger partial charge in [0.1, 0.15) is 5.54 Å². The van der Waals surface area contributed by atoms with Crippen molar-refractivity contribution in [1.82, 2.24) is 5.32 Å². The van der Waals surface area contributed by atoms with Crippen LogP contribution < -0.4 is 5.32 Å². The average Bonchev–Trinajstić information content (AvgIpc) is 2.96. The number of hydrogen-bond acceptors (Lipinski definition) is 3. The van der Waals surface area contributed by atoms with Crippen LogP contribution in [0, 0.1) is 0 Å². The highest BCUT2D eigenvalue weighted by atomic mass is 32.2. The summed E-state index contributed by atoms with van der Waals surface area (Å²) in [6.45, 7) is 1.53. The lowest BCUT2D eigenvalue weighted by Crippen LogP contribution is -2.54. The van der Waals surface area contributed by atoms with Gasteiger partial charge in [0, 0.05) is 12.2 Å². The minimum Gasteiger partial charge on any atom is -0.479 e. The zero-order chi connectivity index (χ0) is 18.0. The van der Waals surface area contributed by atoms with E-state index in [4.69, 9.17) is 0 Å². The van der Waals surface area contributed by atoms with Crippen LogP contribution in [0.15, 0.2) is 24.3 Å². The number of alkyl halides is 3. The molecule has 1 aliphatic rings. The summed E-state index contributed by atoms with van der Waals surface area (Å²) in [6, 6.07) is 5.12. The summed E-state index contributed by atoms with van der Waals surface area (Å²) in [5, 5.41) is 11.8. The van der Waals surface area contributed by atoms with E-state index in [9.17, 15) is 27.9 Å². The second-order valence-electron chi connectivity index (χ2n) is 5.93. The van der Waals surface area contributed by atoms with Crippen molar-refractivity contribution in [2.24, 2.45) is 0 Å². The summed E-state index contributed by atoms with van der Waals surface area (Å²) in [5.41, 5.74) is -2.05. The summed E-state index contributed by atoms with van der Waals surface area (Å²) >= 11 is 1.43. The standard InChI is InChI=1S/C16H18F3NO3S/c1-10(11-4-2-3-5-12(11)16(17,18)19)8-13(21)20-15(14(22)23)6-7-24-9-15/h2-5,10H,6-9H2,1H3,(H,20,21)(H,22,23). The predicted octanol–water partition coefficient (Wildman–Crippen LogP) is 3.28. The van der Waals surface area contributed by atoms with Crippen molar-refractivity contribution >= 4 is 23.6 Å². The molecule has 0 spiro atoms. The van der Waals surface area contributed by atoms with Crippen molar-refractivity contribution in [2.45, 2.75) is 37.4 Å². The molecule has 4 nitrogen and oxygen atoms in total. The number of amides is 1. The molecule has 0 aromatic heterocycles. The summed E-state index contributed by atoms with van der Waals surface area (Å²) < 4.78 is 39.2. The van der Waals surface area contributed by atoms with Crippen LogP contribution in [0.3, 0.4) is 0 Å². The SMILES string of the molecule is CC(CC(=O)NC1(C(=O)O)CCSC1)c1ccccc1C(F)(F)F. The van der Waals surface area contributed by atoms with Crippen LogP contribution in [0.4, 0.5) is 13.2 Å². The molecule has 0 bridgehead atoms. The maximum Gasteiger partial charge on any atom is 0.416 e. The molecule has 1 aromatic carbocycles. The van der Waals surface area contributed by atoms with E-state index >= 15 is 0 Å². The smallest absolute Gasteiger partial charge is 0.416 e. The number of carbonyl (C=O) groups is 2. The largest absolute Gasteiger partial charge is 0.479 e. The molecule has 1 saturated heterocycles. The Morgan fingerprint density at radius 2 is 2.04 bits per heavy atom. The van der Waals surface area contributed by atoms with E-state index in [0.29, 0.717) is 12.2 Å². The van der Waals surface area contributed by atoms with Gasteiger partial charge in [-0.25, -0.2) is 4.79 Å². The third-order valence-corrected chi connectivity index (χ3v) is 5.29. The van der Waals surface area contributed by atoms with Crippen LogP contribution in [-0.4, -0.2) is 34.0 Å². The van der Waals surface area contributed by atoms with Crippen molar-refractivity contribution in [3.05, 3.63) is 35.4 Å². The molecular formula is C16H18F3NO3S. The topological polar surface area (TPSA) is 66.4 Å². The zero-order valence-corrected chi connectivity index (χ0v) is 13.8. The Labute approximate surface area is 141 Å². The highest BCUT2D eigenvalue weighted by Crippen LogP contribution is 2.36. The molecule has 2 unspecified atom stereocenters. The molecule has 0 saturated carbocycles. The lowest BCUT2D eigenvalue weighted by atomic mass is 9.91. The lowest BCUT2D eigenvalue weighted by molar-refractivity contribution is -0.146. The third kappa shape index (κ3) is 4.03. The normalized spacial score (nSPS) is 22.2. The Hall–Kier alpha value is -1.70. The van der Waals surface area contributed by atoms with Gasteiger partial charge in [-0.15, -0.1) is 0 Å². The van der Waals surface area contributed by atoms with Crippen LogP contribution in [0.2, 0.25) is 0 Å². The first-order chi connectivity index (χ1) is 11.2. The number of carboxylic acid groups (broad SMARTS) is 1. The Balaban J connectivity index is 2.11. The minimum absolute atomic E-state index is 0.0327. The molecule has 2 atom stereocenters. The van der Waals surface area contributed by atoms with Crippen LogP contribution in [0.25, 0.3) is 0 Å². The highest BCUT2D eigenvalue weighted by Gasteiger charge is 2.43. The van der Waals surface area contributed by atoms with Gasteiger partial charge in [-0.2, -0.15) is 24.9 Å². The number of carbonyl (C=O) groups excluding carboxylic acids is 1. The maximum atomic E-state index is 13.1. The first-order valence-electron chi connectivity index (χ1n) is 7.44. The van der Waals surface area contributed by atoms with E-state index in [1.54, 1.807) is 0 Å². The molecule has 8 heteroatoms.